The zero-order valence-electron chi connectivity index (χ0n) is 14.0. The standard InChI is InChI=1S/C16H31N3O2/c1-5-6-14-16(20)19(15(17-14)9-12(2)3)11-13-10-18(4)7-8-21-13/h12-15,17H,5-11H2,1-4H3. The van der Waals surface area contributed by atoms with Crippen LogP contribution in [-0.4, -0.2) is 67.3 Å². The summed E-state index contributed by atoms with van der Waals surface area (Å²) in [4.78, 5) is 16.9. The van der Waals surface area contributed by atoms with Gasteiger partial charge in [-0.15, -0.1) is 0 Å². The van der Waals surface area contributed by atoms with Gasteiger partial charge in [0.05, 0.1) is 24.9 Å². The average molecular weight is 297 g/mol. The third-order valence-electron chi connectivity index (χ3n) is 4.37. The molecule has 0 spiro atoms. The molecule has 5 nitrogen and oxygen atoms in total. The first-order valence-corrected chi connectivity index (χ1v) is 8.38. The van der Waals surface area contributed by atoms with Crippen LogP contribution in [-0.2, 0) is 9.53 Å². The molecule has 3 unspecified atom stereocenters. The van der Waals surface area contributed by atoms with Gasteiger partial charge >= 0.3 is 0 Å². The molecule has 5 heteroatoms. The van der Waals surface area contributed by atoms with Crippen molar-refractivity contribution in [2.45, 2.75) is 58.3 Å². The molecule has 0 aromatic rings. The van der Waals surface area contributed by atoms with Gasteiger partial charge < -0.3 is 14.5 Å². The SMILES string of the molecule is CCCC1NC(CC(C)C)N(CC2CN(C)CCO2)C1=O. The highest BCUT2D eigenvalue weighted by atomic mass is 16.5. The lowest BCUT2D eigenvalue weighted by atomic mass is 10.1. The molecule has 2 aliphatic rings. The monoisotopic (exact) mass is 297 g/mol. The summed E-state index contributed by atoms with van der Waals surface area (Å²) in [5, 5.41) is 3.53. The highest BCUT2D eigenvalue weighted by Crippen LogP contribution is 2.21. The zero-order valence-corrected chi connectivity index (χ0v) is 14.0. The van der Waals surface area contributed by atoms with Crippen LogP contribution in [0.1, 0.15) is 40.0 Å². The lowest BCUT2D eigenvalue weighted by Gasteiger charge is -2.34. The van der Waals surface area contributed by atoms with Crippen molar-refractivity contribution in [3.63, 3.8) is 0 Å². The van der Waals surface area contributed by atoms with E-state index in [1.54, 1.807) is 0 Å². The fourth-order valence-electron chi connectivity index (χ4n) is 3.30. The number of nitrogens with one attached hydrogen (secondary N) is 1. The number of ether oxygens (including phenoxy) is 1. The first-order chi connectivity index (χ1) is 10.0. The van der Waals surface area contributed by atoms with Crippen molar-refractivity contribution in [1.29, 1.82) is 0 Å². The maximum Gasteiger partial charge on any atom is 0.241 e. The van der Waals surface area contributed by atoms with Crippen molar-refractivity contribution in [1.82, 2.24) is 15.1 Å². The van der Waals surface area contributed by atoms with Crippen LogP contribution in [0.25, 0.3) is 0 Å². The van der Waals surface area contributed by atoms with Gasteiger partial charge in [-0.2, -0.15) is 0 Å². The van der Waals surface area contributed by atoms with Gasteiger partial charge in [0, 0.05) is 19.6 Å². The zero-order chi connectivity index (χ0) is 15.4. The van der Waals surface area contributed by atoms with Gasteiger partial charge in [0.2, 0.25) is 5.91 Å². The second-order valence-electron chi connectivity index (χ2n) is 6.90. The molecule has 0 aromatic carbocycles. The number of carbonyl (C=O) groups is 1. The van der Waals surface area contributed by atoms with E-state index in [2.05, 4.69) is 38.0 Å². The second kappa shape index (κ2) is 7.56. The lowest BCUT2D eigenvalue weighted by Crippen LogP contribution is -2.49. The molecule has 0 radical (unpaired) electrons. The molecule has 2 heterocycles. The van der Waals surface area contributed by atoms with Gasteiger partial charge in [-0.25, -0.2) is 0 Å². The molecule has 3 atom stereocenters. The Kier molecular flexibility index (Phi) is 6.02. The molecule has 0 saturated carbocycles. The fraction of sp³-hybridized carbons (Fsp3) is 0.938. The van der Waals surface area contributed by atoms with Crippen molar-refractivity contribution in [2.24, 2.45) is 5.92 Å². The van der Waals surface area contributed by atoms with Crippen molar-refractivity contribution in [2.75, 3.05) is 33.3 Å². The number of carbonyl (C=O) groups excluding carboxylic acids is 1. The van der Waals surface area contributed by atoms with Crippen molar-refractivity contribution in [3.05, 3.63) is 0 Å². The number of hydrogen-bond donors (Lipinski definition) is 1. The van der Waals surface area contributed by atoms with Gasteiger partial charge in [-0.3, -0.25) is 10.1 Å². The van der Waals surface area contributed by atoms with E-state index in [0.717, 1.165) is 39.0 Å². The maximum atomic E-state index is 12.6. The second-order valence-corrected chi connectivity index (χ2v) is 6.90. The molecule has 1 N–H and O–H groups in total. The first-order valence-electron chi connectivity index (χ1n) is 8.38. The minimum atomic E-state index is 0.0000650. The maximum absolute atomic E-state index is 12.6. The number of nitrogens with zero attached hydrogens (tertiary/aromatic N) is 2. The average Bonchev–Trinajstić information content (AvgIpc) is 2.67. The summed E-state index contributed by atoms with van der Waals surface area (Å²) in [7, 11) is 2.12. The molecule has 2 saturated heterocycles. The van der Waals surface area contributed by atoms with Crippen LogP contribution in [0.4, 0.5) is 0 Å². The van der Waals surface area contributed by atoms with Crippen molar-refractivity contribution >= 4 is 5.91 Å². The Bertz CT molecular complexity index is 348. The number of morpholine rings is 1. The van der Waals surface area contributed by atoms with Gasteiger partial charge in [0.25, 0.3) is 0 Å². The van der Waals surface area contributed by atoms with E-state index in [1.165, 1.54) is 0 Å². The lowest BCUT2D eigenvalue weighted by molar-refractivity contribution is -0.133. The summed E-state index contributed by atoms with van der Waals surface area (Å²) in [6, 6.07) is 0.0000650. The summed E-state index contributed by atoms with van der Waals surface area (Å²) in [5.41, 5.74) is 0. The summed E-state index contributed by atoms with van der Waals surface area (Å²) in [6.07, 6.45) is 3.28. The van der Waals surface area contributed by atoms with Crippen LogP contribution >= 0.6 is 0 Å². The van der Waals surface area contributed by atoms with Gasteiger partial charge in [0.1, 0.15) is 0 Å². The van der Waals surface area contributed by atoms with E-state index >= 15 is 0 Å². The van der Waals surface area contributed by atoms with Gasteiger partial charge in [0.15, 0.2) is 0 Å². The molecule has 1 amide bonds. The van der Waals surface area contributed by atoms with E-state index in [0.29, 0.717) is 12.5 Å². The number of hydrogen-bond acceptors (Lipinski definition) is 4. The Morgan fingerprint density at radius 1 is 1.43 bits per heavy atom. The molecule has 21 heavy (non-hydrogen) atoms. The molecule has 122 valence electrons. The first kappa shape index (κ1) is 16.7. The van der Waals surface area contributed by atoms with Crippen molar-refractivity contribution in [3.8, 4) is 0 Å². The fourth-order valence-corrected chi connectivity index (χ4v) is 3.30. The Morgan fingerprint density at radius 2 is 2.19 bits per heavy atom. The summed E-state index contributed by atoms with van der Waals surface area (Å²) >= 11 is 0. The number of amides is 1. The molecule has 0 aliphatic carbocycles. The van der Waals surface area contributed by atoms with Crippen LogP contribution in [0.15, 0.2) is 0 Å². The Labute approximate surface area is 129 Å². The predicted molar refractivity (Wildman–Crippen MR) is 84.0 cm³/mol. The Hall–Kier alpha value is -0.650. The molecule has 2 rings (SSSR count). The largest absolute Gasteiger partial charge is 0.374 e. The molecular formula is C16H31N3O2. The normalized spacial score (nSPS) is 31.4. The topological polar surface area (TPSA) is 44.8 Å². The van der Waals surface area contributed by atoms with Crippen LogP contribution in [0.5, 0.6) is 0 Å². The van der Waals surface area contributed by atoms with Crippen LogP contribution in [0, 0.1) is 5.92 Å². The molecule has 2 fully saturated rings. The van der Waals surface area contributed by atoms with Gasteiger partial charge in [-0.1, -0.05) is 27.2 Å². The van der Waals surface area contributed by atoms with Crippen molar-refractivity contribution < 1.29 is 9.53 Å². The number of rotatable bonds is 6. The van der Waals surface area contributed by atoms with Crippen LogP contribution < -0.4 is 5.32 Å². The Morgan fingerprint density at radius 3 is 2.81 bits per heavy atom. The third kappa shape index (κ3) is 4.41. The minimum absolute atomic E-state index is 0.0000650. The molecule has 0 bridgehead atoms. The summed E-state index contributed by atoms with van der Waals surface area (Å²) < 4.78 is 5.84. The molecular weight excluding hydrogens is 266 g/mol. The van der Waals surface area contributed by atoms with Crippen LogP contribution in [0.2, 0.25) is 0 Å². The highest BCUT2D eigenvalue weighted by Gasteiger charge is 2.39. The van der Waals surface area contributed by atoms with E-state index in [4.69, 9.17) is 4.74 Å². The highest BCUT2D eigenvalue weighted by molar-refractivity contribution is 5.84. The molecule has 0 aromatic heterocycles. The number of likely N-dealkylation sites (N-methyl/N-ethyl adjacent to an activating group) is 1. The predicted octanol–water partition coefficient (Wildman–Crippen LogP) is 1.29. The molecule has 2 aliphatic heterocycles. The van der Waals surface area contributed by atoms with Gasteiger partial charge in [-0.05, 0) is 25.8 Å². The quantitative estimate of drug-likeness (QED) is 0.802. The summed E-state index contributed by atoms with van der Waals surface area (Å²) in [6.45, 7) is 9.93. The minimum Gasteiger partial charge on any atom is -0.374 e. The smallest absolute Gasteiger partial charge is 0.241 e. The Balaban J connectivity index is 1.99. The summed E-state index contributed by atoms with van der Waals surface area (Å²) in [5.74, 6) is 0.840. The van der Waals surface area contributed by atoms with E-state index in [-0.39, 0.29) is 24.2 Å². The van der Waals surface area contributed by atoms with Crippen LogP contribution in [0.3, 0.4) is 0 Å². The third-order valence-corrected chi connectivity index (χ3v) is 4.37. The van der Waals surface area contributed by atoms with E-state index in [9.17, 15) is 4.79 Å². The van der Waals surface area contributed by atoms with E-state index < -0.39 is 0 Å². The van der Waals surface area contributed by atoms with E-state index in [1.807, 2.05) is 4.90 Å².